The standard InChI is InChI=1S/C28H41O3P/c1-17-13-20-18(2)21-15-19(26(3,4)5)16-23(28(9,10)11)25(21)31-32(29-12)30-24(20)22(14-17)27(6,7)8/h13-16,18H,1-12H3. The van der Waals surface area contributed by atoms with Crippen LogP contribution in [-0.2, 0) is 20.8 Å². The molecule has 1 aliphatic rings. The van der Waals surface area contributed by atoms with E-state index in [0.717, 1.165) is 11.5 Å². The molecule has 4 heteroatoms. The molecular formula is C28H41O3P. The summed E-state index contributed by atoms with van der Waals surface area (Å²) < 4.78 is 18.8. The molecule has 0 radical (unpaired) electrons. The van der Waals surface area contributed by atoms with Gasteiger partial charge < -0.3 is 9.05 Å². The highest BCUT2D eigenvalue weighted by Gasteiger charge is 2.36. The van der Waals surface area contributed by atoms with Crippen LogP contribution in [0.2, 0.25) is 0 Å². The molecule has 0 saturated heterocycles. The number of rotatable bonds is 1. The second kappa shape index (κ2) is 8.33. The summed E-state index contributed by atoms with van der Waals surface area (Å²) in [6.45, 7) is 24.7. The molecular weight excluding hydrogens is 415 g/mol. The predicted octanol–water partition coefficient (Wildman–Crippen LogP) is 8.68. The van der Waals surface area contributed by atoms with Gasteiger partial charge in [0, 0.05) is 35.3 Å². The van der Waals surface area contributed by atoms with E-state index in [1.807, 2.05) is 0 Å². The van der Waals surface area contributed by atoms with Gasteiger partial charge in [0.05, 0.1) is 0 Å². The van der Waals surface area contributed by atoms with Crippen molar-refractivity contribution >= 4 is 8.60 Å². The first-order chi connectivity index (χ1) is 14.5. The average molecular weight is 457 g/mol. The minimum Gasteiger partial charge on any atom is -0.417 e. The van der Waals surface area contributed by atoms with Crippen molar-refractivity contribution in [1.29, 1.82) is 0 Å². The molecule has 0 fully saturated rings. The van der Waals surface area contributed by atoms with Crippen molar-refractivity contribution in [3.05, 3.63) is 57.6 Å². The van der Waals surface area contributed by atoms with E-state index in [2.05, 4.69) is 100 Å². The molecule has 3 rings (SSSR count). The lowest BCUT2D eigenvalue weighted by molar-refractivity contribution is 0.311. The van der Waals surface area contributed by atoms with Gasteiger partial charge in [-0.3, -0.25) is 4.52 Å². The van der Waals surface area contributed by atoms with E-state index in [0.29, 0.717) is 0 Å². The number of hydrogen-bond acceptors (Lipinski definition) is 3. The molecule has 1 aliphatic heterocycles. The smallest absolute Gasteiger partial charge is 0.417 e. The maximum atomic E-state index is 6.56. The Balaban J connectivity index is 2.41. The normalized spacial score (nSPS) is 19.2. The maximum Gasteiger partial charge on any atom is 0.462 e. The summed E-state index contributed by atoms with van der Waals surface area (Å²) in [5, 5.41) is 0. The van der Waals surface area contributed by atoms with Crippen molar-refractivity contribution in [3.63, 3.8) is 0 Å². The van der Waals surface area contributed by atoms with Crippen molar-refractivity contribution in [2.75, 3.05) is 7.11 Å². The lowest BCUT2D eigenvalue weighted by atomic mass is 9.76. The van der Waals surface area contributed by atoms with E-state index in [4.69, 9.17) is 13.6 Å². The molecule has 0 aliphatic carbocycles. The van der Waals surface area contributed by atoms with Gasteiger partial charge in [0.1, 0.15) is 11.5 Å². The van der Waals surface area contributed by atoms with Crippen LogP contribution in [0.3, 0.4) is 0 Å². The minimum absolute atomic E-state index is 0.0333. The van der Waals surface area contributed by atoms with E-state index < -0.39 is 8.60 Å². The van der Waals surface area contributed by atoms with Gasteiger partial charge in [-0.05, 0) is 28.7 Å². The van der Waals surface area contributed by atoms with Crippen LogP contribution in [0.1, 0.15) is 109 Å². The summed E-state index contributed by atoms with van der Waals surface area (Å²) >= 11 is 0. The maximum absolute atomic E-state index is 6.56. The van der Waals surface area contributed by atoms with Crippen LogP contribution >= 0.6 is 8.60 Å². The fourth-order valence-electron chi connectivity index (χ4n) is 4.26. The Morgan fingerprint density at radius 1 is 0.719 bits per heavy atom. The fourth-order valence-corrected chi connectivity index (χ4v) is 5.15. The Hall–Kier alpha value is -1.57. The molecule has 3 nitrogen and oxygen atoms in total. The van der Waals surface area contributed by atoms with Gasteiger partial charge in [-0.1, -0.05) is 99.1 Å². The van der Waals surface area contributed by atoms with E-state index >= 15 is 0 Å². The van der Waals surface area contributed by atoms with Crippen LogP contribution in [0, 0.1) is 6.92 Å². The van der Waals surface area contributed by atoms with Crippen LogP contribution in [0.4, 0.5) is 0 Å². The molecule has 2 atom stereocenters. The third-order valence-corrected chi connectivity index (χ3v) is 7.24. The first kappa shape index (κ1) is 25.1. The predicted molar refractivity (Wildman–Crippen MR) is 136 cm³/mol. The van der Waals surface area contributed by atoms with Gasteiger partial charge in [0.15, 0.2) is 0 Å². The summed E-state index contributed by atoms with van der Waals surface area (Å²) in [5.74, 6) is 1.95. The third kappa shape index (κ3) is 4.85. The van der Waals surface area contributed by atoms with Crippen molar-refractivity contribution < 1.29 is 13.6 Å². The minimum atomic E-state index is -1.58. The Morgan fingerprint density at radius 2 is 1.19 bits per heavy atom. The second-order valence-electron chi connectivity index (χ2n) is 12.2. The number of aryl methyl sites for hydroxylation is 1. The number of fused-ring (bicyclic) bond motifs is 2. The lowest BCUT2D eigenvalue weighted by Crippen LogP contribution is -2.22. The molecule has 0 amide bonds. The quantitative estimate of drug-likeness (QED) is 0.402. The molecule has 0 N–H and O–H groups in total. The Morgan fingerprint density at radius 3 is 1.62 bits per heavy atom. The van der Waals surface area contributed by atoms with Gasteiger partial charge in [0.2, 0.25) is 0 Å². The summed E-state index contributed by atoms with van der Waals surface area (Å²) in [6, 6.07) is 9.16. The highest BCUT2D eigenvalue weighted by atomic mass is 31.2. The van der Waals surface area contributed by atoms with Crippen LogP contribution in [0.5, 0.6) is 11.5 Å². The van der Waals surface area contributed by atoms with Crippen molar-refractivity contribution in [2.45, 2.75) is 98.3 Å². The third-order valence-electron chi connectivity index (χ3n) is 6.28. The molecule has 0 bridgehead atoms. The Bertz CT molecular complexity index is 1000. The average Bonchev–Trinajstić information content (AvgIpc) is 2.63. The first-order valence-corrected chi connectivity index (χ1v) is 12.7. The zero-order valence-electron chi connectivity index (χ0n) is 22.1. The Kier molecular flexibility index (Phi) is 6.53. The van der Waals surface area contributed by atoms with Crippen molar-refractivity contribution in [2.24, 2.45) is 0 Å². The van der Waals surface area contributed by atoms with Gasteiger partial charge in [-0.25, -0.2) is 0 Å². The van der Waals surface area contributed by atoms with Crippen LogP contribution in [0.25, 0.3) is 0 Å². The monoisotopic (exact) mass is 456 g/mol. The van der Waals surface area contributed by atoms with Gasteiger partial charge in [-0.2, -0.15) is 0 Å². The molecule has 2 aromatic carbocycles. The summed E-state index contributed by atoms with van der Waals surface area (Å²) in [5.41, 5.74) is 7.28. The highest BCUT2D eigenvalue weighted by molar-refractivity contribution is 7.42. The molecule has 32 heavy (non-hydrogen) atoms. The lowest BCUT2D eigenvalue weighted by Gasteiger charge is -2.35. The molecule has 0 aromatic heterocycles. The van der Waals surface area contributed by atoms with Crippen LogP contribution in [-0.4, -0.2) is 7.11 Å². The molecule has 0 saturated carbocycles. The van der Waals surface area contributed by atoms with E-state index in [1.165, 1.54) is 33.4 Å². The zero-order valence-corrected chi connectivity index (χ0v) is 23.0. The largest absolute Gasteiger partial charge is 0.462 e. The molecule has 0 spiro atoms. The molecule has 176 valence electrons. The molecule has 2 aromatic rings. The van der Waals surface area contributed by atoms with Gasteiger partial charge >= 0.3 is 8.60 Å². The van der Waals surface area contributed by atoms with Gasteiger partial charge in [-0.15, -0.1) is 0 Å². The SMILES string of the molecule is COP1Oc2c(cc(C)cc2C(C)(C)C)C(C)c2cc(C(C)(C)C)cc(C(C)(C)C)c2O1. The van der Waals surface area contributed by atoms with E-state index in [-0.39, 0.29) is 22.2 Å². The summed E-state index contributed by atoms with van der Waals surface area (Å²) in [6.07, 6.45) is 0. The topological polar surface area (TPSA) is 27.7 Å². The summed E-state index contributed by atoms with van der Waals surface area (Å²) in [4.78, 5) is 0. The molecule has 2 unspecified atom stereocenters. The molecule has 1 heterocycles. The summed E-state index contributed by atoms with van der Waals surface area (Å²) in [7, 11) is 0.0884. The van der Waals surface area contributed by atoms with Crippen LogP contribution in [0.15, 0.2) is 24.3 Å². The van der Waals surface area contributed by atoms with Crippen LogP contribution < -0.4 is 9.05 Å². The van der Waals surface area contributed by atoms with Crippen molar-refractivity contribution in [3.8, 4) is 11.5 Å². The fraction of sp³-hybridized carbons (Fsp3) is 0.571. The van der Waals surface area contributed by atoms with E-state index in [1.54, 1.807) is 7.11 Å². The van der Waals surface area contributed by atoms with E-state index in [9.17, 15) is 0 Å². The van der Waals surface area contributed by atoms with Crippen molar-refractivity contribution in [1.82, 2.24) is 0 Å². The first-order valence-electron chi connectivity index (χ1n) is 11.6. The number of benzene rings is 2. The zero-order chi connectivity index (χ0) is 24.2. The highest BCUT2D eigenvalue weighted by Crippen LogP contribution is 2.55. The van der Waals surface area contributed by atoms with Gasteiger partial charge in [0.25, 0.3) is 0 Å². The second-order valence-corrected chi connectivity index (χ2v) is 13.4. The number of hydrogen-bond donors (Lipinski definition) is 0. The Labute approximate surface area is 196 Å².